The zero-order valence-electron chi connectivity index (χ0n) is 16.4. The van der Waals surface area contributed by atoms with E-state index in [1.54, 1.807) is 0 Å². The molecule has 0 bridgehead atoms. The summed E-state index contributed by atoms with van der Waals surface area (Å²) < 4.78 is 11.8. The fourth-order valence-electron chi connectivity index (χ4n) is 3.05. The minimum atomic E-state index is 0.447. The number of rotatable bonds is 9. The summed E-state index contributed by atoms with van der Waals surface area (Å²) in [4.78, 5) is 0. The fraction of sp³-hybridized carbons (Fsp3) is 0.250. The molecule has 146 valence electrons. The van der Waals surface area contributed by atoms with E-state index in [9.17, 15) is 0 Å². The minimum absolute atomic E-state index is 0.447. The maximum atomic E-state index is 6.54. The Kier molecular flexibility index (Phi) is 7.21. The molecule has 0 fully saturated rings. The highest BCUT2D eigenvalue weighted by Gasteiger charge is 2.13. The molecule has 0 saturated heterocycles. The molecule has 4 heteroatoms. The summed E-state index contributed by atoms with van der Waals surface area (Å²) in [5.41, 5.74) is 4.57. The van der Waals surface area contributed by atoms with E-state index in [-0.39, 0.29) is 0 Å². The van der Waals surface area contributed by atoms with Gasteiger partial charge in [0, 0.05) is 12.2 Å². The molecule has 0 saturated carbocycles. The van der Waals surface area contributed by atoms with Gasteiger partial charge in [0.1, 0.15) is 6.61 Å². The molecule has 0 aliphatic carbocycles. The molecule has 3 nitrogen and oxygen atoms in total. The standard InChI is InChI=1S/C24H26ClNO2/c1-3-20-12-8-9-13-22(20)26-16-19-14-21(25)24(23(15-19)27-4-2)28-17-18-10-6-5-7-11-18/h5-15,26H,3-4,16-17H2,1-2H3. The maximum absolute atomic E-state index is 6.54. The Morgan fingerprint density at radius 1 is 0.857 bits per heavy atom. The Balaban J connectivity index is 1.76. The molecule has 0 amide bonds. The first kappa shape index (κ1) is 20.1. The summed E-state index contributed by atoms with van der Waals surface area (Å²) in [5.74, 6) is 1.26. The number of para-hydroxylation sites is 1. The summed E-state index contributed by atoms with van der Waals surface area (Å²) in [7, 11) is 0. The van der Waals surface area contributed by atoms with Crippen LogP contribution in [0, 0.1) is 0 Å². The molecule has 3 aromatic carbocycles. The van der Waals surface area contributed by atoms with Crippen molar-refractivity contribution < 1.29 is 9.47 Å². The van der Waals surface area contributed by atoms with Crippen molar-refractivity contribution in [3.8, 4) is 11.5 Å². The highest BCUT2D eigenvalue weighted by molar-refractivity contribution is 6.32. The first-order valence-corrected chi connectivity index (χ1v) is 10.0. The number of aryl methyl sites for hydroxylation is 1. The van der Waals surface area contributed by atoms with Crippen LogP contribution < -0.4 is 14.8 Å². The van der Waals surface area contributed by atoms with Gasteiger partial charge in [-0.1, -0.05) is 67.1 Å². The van der Waals surface area contributed by atoms with Crippen molar-refractivity contribution in [3.63, 3.8) is 0 Å². The zero-order chi connectivity index (χ0) is 19.8. The van der Waals surface area contributed by atoms with Crippen LogP contribution in [-0.4, -0.2) is 6.61 Å². The van der Waals surface area contributed by atoms with E-state index >= 15 is 0 Å². The predicted octanol–water partition coefficient (Wildman–Crippen LogP) is 6.49. The number of halogens is 1. The topological polar surface area (TPSA) is 30.5 Å². The Hall–Kier alpha value is -2.65. The second-order valence-corrected chi connectivity index (χ2v) is 6.88. The fourth-order valence-corrected chi connectivity index (χ4v) is 3.34. The number of benzene rings is 3. The van der Waals surface area contributed by atoms with Gasteiger partial charge in [0.2, 0.25) is 0 Å². The molecule has 0 spiro atoms. The second kappa shape index (κ2) is 10.0. The van der Waals surface area contributed by atoms with Crippen molar-refractivity contribution in [1.82, 2.24) is 0 Å². The number of nitrogens with one attached hydrogen (secondary N) is 1. The Morgan fingerprint density at radius 3 is 2.36 bits per heavy atom. The summed E-state index contributed by atoms with van der Waals surface area (Å²) in [6.45, 7) is 5.77. The van der Waals surface area contributed by atoms with Crippen LogP contribution in [0.2, 0.25) is 5.02 Å². The van der Waals surface area contributed by atoms with Gasteiger partial charge in [0.05, 0.1) is 11.6 Å². The van der Waals surface area contributed by atoms with Crippen LogP contribution in [0.15, 0.2) is 66.7 Å². The highest BCUT2D eigenvalue weighted by Crippen LogP contribution is 2.37. The Bertz CT molecular complexity index is 896. The molecule has 0 atom stereocenters. The lowest BCUT2D eigenvalue weighted by Gasteiger charge is -2.16. The van der Waals surface area contributed by atoms with Crippen molar-refractivity contribution in [2.75, 3.05) is 11.9 Å². The van der Waals surface area contributed by atoms with E-state index in [4.69, 9.17) is 21.1 Å². The van der Waals surface area contributed by atoms with Gasteiger partial charge in [0.25, 0.3) is 0 Å². The Labute approximate surface area is 172 Å². The van der Waals surface area contributed by atoms with Gasteiger partial charge in [-0.25, -0.2) is 0 Å². The lowest BCUT2D eigenvalue weighted by Crippen LogP contribution is -2.05. The number of hydrogen-bond donors (Lipinski definition) is 1. The maximum Gasteiger partial charge on any atom is 0.180 e. The van der Waals surface area contributed by atoms with Gasteiger partial charge < -0.3 is 14.8 Å². The third kappa shape index (κ3) is 5.20. The van der Waals surface area contributed by atoms with Crippen LogP contribution in [-0.2, 0) is 19.6 Å². The van der Waals surface area contributed by atoms with E-state index < -0.39 is 0 Å². The molecular weight excluding hydrogens is 370 g/mol. The largest absolute Gasteiger partial charge is 0.490 e. The van der Waals surface area contributed by atoms with Crippen LogP contribution in [0.25, 0.3) is 0 Å². The molecular formula is C24H26ClNO2. The molecule has 1 N–H and O–H groups in total. The molecule has 3 rings (SSSR count). The minimum Gasteiger partial charge on any atom is -0.490 e. The average Bonchev–Trinajstić information content (AvgIpc) is 2.73. The SMILES string of the molecule is CCOc1cc(CNc2ccccc2CC)cc(Cl)c1OCc1ccccc1. The van der Waals surface area contributed by atoms with Crippen molar-refractivity contribution in [3.05, 3.63) is 88.4 Å². The van der Waals surface area contributed by atoms with Crippen LogP contribution >= 0.6 is 11.6 Å². The Morgan fingerprint density at radius 2 is 1.61 bits per heavy atom. The number of anilines is 1. The molecule has 0 aromatic heterocycles. The lowest BCUT2D eigenvalue weighted by atomic mass is 10.1. The van der Waals surface area contributed by atoms with E-state index in [2.05, 4.69) is 30.4 Å². The monoisotopic (exact) mass is 395 g/mol. The van der Waals surface area contributed by atoms with Crippen molar-refractivity contribution in [2.45, 2.75) is 33.4 Å². The normalized spacial score (nSPS) is 10.5. The van der Waals surface area contributed by atoms with Gasteiger partial charge in [-0.3, -0.25) is 0 Å². The summed E-state index contributed by atoms with van der Waals surface area (Å²) in [6.07, 6.45) is 0.986. The van der Waals surface area contributed by atoms with Gasteiger partial charge in [0.15, 0.2) is 11.5 Å². The highest BCUT2D eigenvalue weighted by atomic mass is 35.5. The second-order valence-electron chi connectivity index (χ2n) is 6.48. The summed E-state index contributed by atoms with van der Waals surface area (Å²) in [5, 5.41) is 4.06. The van der Waals surface area contributed by atoms with Crippen LogP contribution in [0.5, 0.6) is 11.5 Å². The molecule has 0 heterocycles. The smallest absolute Gasteiger partial charge is 0.180 e. The summed E-state index contributed by atoms with van der Waals surface area (Å²) in [6, 6.07) is 22.3. The number of ether oxygens (including phenoxy) is 2. The van der Waals surface area contributed by atoms with Crippen LogP contribution in [0.3, 0.4) is 0 Å². The van der Waals surface area contributed by atoms with E-state index in [1.165, 1.54) is 5.56 Å². The average molecular weight is 396 g/mol. The first-order valence-electron chi connectivity index (χ1n) is 9.65. The summed E-state index contributed by atoms with van der Waals surface area (Å²) >= 11 is 6.54. The molecule has 0 radical (unpaired) electrons. The van der Waals surface area contributed by atoms with Crippen LogP contribution in [0.4, 0.5) is 5.69 Å². The molecule has 3 aromatic rings. The zero-order valence-corrected chi connectivity index (χ0v) is 17.1. The first-order chi connectivity index (χ1) is 13.7. The third-order valence-corrected chi connectivity index (χ3v) is 4.76. The predicted molar refractivity (Wildman–Crippen MR) is 117 cm³/mol. The lowest BCUT2D eigenvalue weighted by molar-refractivity contribution is 0.269. The van der Waals surface area contributed by atoms with E-state index in [0.29, 0.717) is 36.3 Å². The van der Waals surface area contributed by atoms with E-state index in [1.807, 2.05) is 55.5 Å². The molecule has 28 heavy (non-hydrogen) atoms. The molecule has 0 unspecified atom stereocenters. The number of hydrogen-bond acceptors (Lipinski definition) is 3. The quantitative estimate of drug-likeness (QED) is 0.449. The van der Waals surface area contributed by atoms with Crippen molar-refractivity contribution >= 4 is 17.3 Å². The van der Waals surface area contributed by atoms with E-state index in [0.717, 1.165) is 23.2 Å². The van der Waals surface area contributed by atoms with Gasteiger partial charge in [-0.2, -0.15) is 0 Å². The van der Waals surface area contributed by atoms with Crippen LogP contribution in [0.1, 0.15) is 30.5 Å². The van der Waals surface area contributed by atoms with Gasteiger partial charge in [-0.15, -0.1) is 0 Å². The third-order valence-electron chi connectivity index (χ3n) is 4.48. The molecule has 0 aliphatic rings. The van der Waals surface area contributed by atoms with Crippen molar-refractivity contribution in [2.24, 2.45) is 0 Å². The molecule has 0 aliphatic heterocycles. The van der Waals surface area contributed by atoms with Gasteiger partial charge in [-0.05, 0) is 48.2 Å². The van der Waals surface area contributed by atoms with Crippen molar-refractivity contribution in [1.29, 1.82) is 0 Å². The van der Waals surface area contributed by atoms with Gasteiger partial charge >= 0.3 is 0 Å².